The van der Waals surface area contributed by atoms with E-state index in [4.69, 9.17) is 0 Å². The van der Waals surface area contributed by atoms with Gasteiger partial charge in [0.25, 0.3) is 5.91 Å². The van der Waals surface area contributed by atoms with Gasteiger partial charge in [-0.25, -0.2) is 0 Å². The van der Waals surface area contributed by atoms with Crippen LogP contribution in [0.25, 0.3) is 10.9 Å². The van der Waals surface area contributed by atoms with E-state index in [1.807, 2.05) is 24.8 Å². The summed E-state index contributed by atoms with van der Waals surface area (Å²) in [6.45, 7) is 6.33. The minimum absolute atomic E-state index is 0.185. The van der Waals surface area contributed by atoms with Crippen molar-refractivity contribution in [3.8, 4) is 0 Å². The average Bonchev–Trinajstić information content (AvgIpc) is 3.02. The van der Waals surface area contributed by atoms with Gasteiger partial charge in [0.05, 0.1) is 0 Å². The number of likely N-dealkylation sites (N-methyl/N-ethyl adjacent to an activating group) is 2. The van der Waals surface area contributed by atoms with Gasteiger partial charge in [-0.05, 0) is 51.4 Å². The Morgan fingerprint density at radius 2 is 2.12 bits per heavy atom. The fourth-order valence-electron chi connectivity index (χ4n) is 3.65. The molecule has 25 heavy (non-hydrogen) atoms. The number of fused-ring (bicyclic) bond motifs is 1. The fourth-order valence-corrected chi connectivity index (χ4v) is 4.27. The molecule has 2 heterocycles. The highest BCUT2D eigenvalue weighted by atomic mass is 79.9. The summed E-state index contributed by atoms with van der Waals surface area (Å²) in [5.41, 5.74) is 3.42. The molecule has 134 valence electrons. The van der Waals surface area contributed by atoms with E-state index in [0.717, 1.165) is 48.0 Å². The Kier molecular flexibility index (Phi) is 5.64. The number of amides is 1. The Morgan fingerprint density at radius 1 is 1.36 bits per heavy atom. The second-order valence-corrected chi connectivity index (χ2v) is 7.55. The summed E-state index contributed by atoms with van der Waals surface area (Å²) in [6.07, 6.45) is 6.15. The molecule has 1 aromatic carbocycles. The Labute approximate surface area is 158 Å². The average molecular weight is 404 g/mol. The van der Waals surface area contributed by atoms with E-state index in [-0.39, 0.29) is 5.91 Å². The van der Waals surface area contributed by atoms with Crippen LogP contribution in [-0.2, 0) is 11.2 Å². The van der Waals surface area contributed by atoms with Crippen LogP contribution in [-0.4, -0.2) is 53.4 Å². The Bertz CT molecular complexity index is 791. The molecule has 4 nitrogen and oxygen atoms in total. The minimum atomic E-state index is 0.185. The van der Waals surface area contributed by atoms with Crippen molar-refractivity contribution in [2.24, 2.45) is 0 Å². The Morgan fingerprint density at radius 3 is 2.80 bits per heavy atom. The fraction of sp³-hybridized carbons (Fsp3) is 0.450. The molecule has 1 N–H and O–H groups in total. The van der Waals surface area contributed by atoms with Gasteiger partial charge in [0, 0.05) is 52.8 Å². The van der Waals surface area contributed by atoms with Gasteiger partial charge in [0.15, 0.2) is 0 Å². The van der Waals surface area contributed by atoms with Gasteiger partial charge in [0.2, 0.25) is 0 Å². The summed E-state index contributed by atoms with van der Waals surface area (Å²) in [5, 5.41) is 1.27. The van der Waals surface area contributed by atoms with Gasteiger partial charge in [-0.1, -0.05) is 28.1 Å². The molecule has 0 spiro atoms. The molecule has 0 aliphatic carbocycles. The van der Waals surface area contributed by atoms with E-state index in [2.05, 4.69) is 57.3 Å². The maximum Gasteiger partial charge on any atom is 0.250 e. The molecule has 1 amide bonds. The van der Waals surface area contributed by atoms with E-state index >= 15 is 0 Å². The highest BCUT2D eigenvalue weighted by Crippen LogP contribution is 2.29. The number of carbonyl (C=O) groups is 1. The lowest BCUT2D eigenvalue weighted by Crippen LogP contribution is -2.42. The first-order chi connectivity index (χ1) is 12.0. The number of aromatic amines is 1. The number of halogens is 1. The second kappa shape index (κ2) is 7.75. The molecule has 1 aromatic heterocycles. The SMILES string of the molecule is CCN(CC)C(=O)C1=CCC(Cc2c[nH]c3cccc(Br)c23)N(C)C1. The first-order valence-electron chi connectivity index (χ1n) is 8.98. The third-order valence-electron chi connectivity index (χ3n) is 5.20. The number of nitrogens with one attached hydrogen (secondary N) is 1. The number of benzene rings is 1. The largest absolute Gasteiger partial charge is 0.361 e. The zero-order valence-electron chi connectivity index (χ0n) is 15.2. The maximum atomic E-state index is 12.6. The number of carbonyl (C=O) groups excluding carboxylic acids is 1. The number of hydrogen-bond acceptors (Lipinski definition) is 2. The normalized spacial score (nSPS) is 18.4. The lowest BCUT2D eigenvalue weighted by atomic mass is 9.96. The van der Waals surface area contributed by atoms with E-state index in [1.165, 1.54) is 10.9 Å². The van der Waals surface area contributed by atoms with Crippen LogP contribution in [0.2, 0.25) is 0 Å². The van der Waals surface area contributed by atoms with Crippen molar-refractivity contribution in [2.45, 2.75) is 32.7 Å². The molecule has 0 saturated heterocycles. The van der Waals surface area contributed by atoms with E-state index in [0.29, 0.717) is 6.04 Å². The molecule has 1 aliphatic rings. The van der Waals surface area contributed by atoms with E-state index in [1.54, 1.807) is 0 Å². The van der Waals surface area contributed by atoms with Crippen LogP contribution in [0.3, 0.4) is 0 Å². The van der Waals surface area contributed by atoms with Crippen molar-refractivity contribution >= 4 is 32.7 Å². The van der Waals surface area contributed by atoms with E-state index in [9.17, 15) is 4.79 Å². The number of H-pyrrole nitrogens is 1. The van der Waals surface area contributed by atoms with Crippen LogP contribution in [0.4, 0.5) is 0 Å². The molecule has 0 bridgehead atoms. The maximum absolute atomic E-state index is 12.6. The number of rotatable bonds is 5. The molecule has 3 rings (SSSR count). The molecular formula is C20H26BrN3O. The van der Waals surface area contributed by atoms with Gasteiger partial charge >= 0.3 is 0 Å². The number of hydrogen-bond donors (Lipinski definition) is 1. The second-order valence-electron chi connectivity index (χ2n) is 6.69. The van der Waals surface area contributed by atoms with Crippen LogP contribution < -0.4 is 0 Å². The third-order valence-corrected chi connectivity index (χ3v) is 5.86. The zero-order valence-corrected chi connectivity index (χ0v) is 16.8. The van der Waals surface area contributed by atoms with Crippen molar-refractivity contribution < 1.29 is 4.79 Å². The highest BCUT2D eigenvalue weighted by molar-refractivity contribution is 9.10. The van der Waals surface area contributed by atoms with Gasteiger partial charge in [-0.15, -0.1) is 0 Å². The number of aromatic nitrogens is 1. The molecule has 2 aromatic rings. The van der Waals surface area contributed by atoms with Crippen molar-refractivity contribution in [1.82, 2.24) is 14.8 Å². The van der Waals surface area contributed by atoms with E-state index < -0.39 is 0 Å². The predicted molar refractivity (Wildman–Crippen MR) is 107 cm³/mol. The molecule has 0 saturated carbocycles. The summed E-state index contributed by atoms with van der Waals surface area (Å²) in [7, 11) is 2.12. The summed E-state index contributed by atoms with van der Waals surface area (Å²) in [4.78, 5) is 20.1. The van der Waals surface area contributed by atoms with Crippen molar-refractivity contribution in [3.05, 3.63) is 46.1 Å². The lowest BCUT2D eigenvalue weighted by molar-refractivity contribution is -0.127. The first kappa shape index (κ1) is 18.2. The summed E-state index contributed by atoms with van der Waals surface area (Å²) in [6, 6.07) is 6.66. The molecule has 0 radical (unpaired) electrons. The van der Waals surface area contributed by atoms with Crippen LogP contribution in [0.1, 0.15) is 25.8 Å². The molecule has 1 atom stereocenters. The minimum Gasteiger partial charge on any atom is -0.361 e. The smallest absolute Gasteiger partial charge is 0.250 e. The summed E-state index contributed by atoms with van der Waals surface area (Å²) < 4.78 is 1.13. The molecule has 1 aliphatic heterocycles. The molecule has 0 fully saturated rings. The molecule has 5 heteroatoms. The Hall–Kier alpha value is -1.59. The number of nitrogens with zero attached hydrogens (tertiary/aromatic N) is 2. The van der Waals surface area contributed by atoms with Crippen molar-refractivity contribution in [1.29, 1.82) is 0 Å². The first-order valence-corrected chi connectivity index (χ1v) is 9.77. The zero-order chi connectivity index (χ0) is 18.0. The third kappa shape index (κ3) is 3.67. The predicted octanol–water partition coefficient (Wildman–Crippen LogP) is 3.97. The highest BCUT2D eigenvalue weighted by Gasteiger charge is 2.26. The van der Waals surface area contributed by atoms with Crippen molar-refractivity contribution in [3.63, 3.8) is 0 Å². The van der Waals surface area contributed by atoms with Crippen molar-refractivity contribution in [2.75, 3.05) is 26.7 Å². The summed E-state index contributed by atoms with van der Waals surface area (Å²) >= 11 is 3.67. The topological polar surface area (TPSA) is 39.3 Å². The monoisotopic (exact) mass is 403 g/mol. The van der Waals surface area contributed by atoms with Gasteiger partial charge in [-0.3, -0.25) is 9.69 Å². The summed E-state index contributed by atoms with van der Waals surface area (Å²) in [5.74, 6) is 0.185. The van der Waals surface area contributed by atoms with Crippen LogP contribution >= 0.6 is 15.9 Å². The van der Waals surface area contributed by atoms with Crippen LogP contribution in [0.5, 0.6) is 0 Å². The molecular weight excluding hydrogens is 378 g/mol. The van der Waals surface area contributed by atoms with Crippen LogP contribution in [0, 0.1) is 0 Å². The van der Waals surface area contributed by atoms with Gasteiger partial charge in [-0.2, -0.15) is 0 Å². The van der Waals surface area contributed by atoms with Gasteiger partial charge < -0.3 is 9.88 Å². The quantitative estimate of drug-likeness (QED) is 0.819. The Balaban J connectivity index is 1.76. The standard InChI is InChI=1S/C20H26BrN3O/c1-4-24(5-2)20(25)14-9-10-16(23(3)13-14)11-15-12-22-18-8-6-7-17(21)19(15)18/h6-9,12,16,22H,4-5,10-11,13H2,1-3H3. The van der Waals surface area contributed by atoms with Gasteiger partial charge in [0.1, 0.15) is 0 Å². The molecule has 1 unspecified atom stereocenters. The van der Waals surface area contributed by atoms with Crippen LogP contribution in [0.15, 0.2) is 40.5 Å². The lowest BCUT2D eigenvalue weighted by Gasteiger charge is -2.33.